The maximum absolute atomic E-state index is 12.3. The van der Waals surface area contributed by atoms with Crippen LogP contribution in [-0.2, 0) is 9.53 Å². The van der Waals surface area contributed by atoms with E-state index in [0.29, 0.717) is 17.2 Å². The van der Waals surface area contributed by atoms with Crippen molar-refractivity contribution in [3.8, 4) is 23.3 Å². The van der Waals surface area contributed by atoms with Crippen molar-refractivity contribution in [2.75, 3.05) is 21.3 Å². The number of methoxy groups -OCH3 is 3. The lowest BCUT2D eigenvalue weighted by atomic mass is 10.1. The molecule has 0 spiro atoms. The smallest absolute Gasteiger partial charge is 0.329 e. The van der Waals surface area contributed by atoms with E-state index in [4.69, 9.17) is 24.2 Å². The Balaban J connectivity index is 2.95. The van der Waals surface area contributed by atoms with Gasteiger partial charge in [0.1, 0.15) is 12.1 Å². The summed E-state index contributed by atoms with van der Waals surface area (Å²) in [5.74, 6) is -0.245. The molecule has 1 N–H and O–H groups in total. The molecule has 1 amide bonds. The first kappa shape index (κ1) is 19.1. The molecule has 8 nitrogen and oxygen atoms in total. The summed E-state index contributed by atoms with van der Waals surface area (Å²) in [5.41, 5.74) is 0.220. The van der Waals surface area contributed by atoms with Crippen molar-refractivity contribution in [2.24, 2.45) is 0 Å². The first-order valence-electron chi connectivity index (χ1n) is 7.08. The number of benzene rings is 1. The predicted octanol–water partition coefficient (Wildman–Crippen LogP) is 1.29. The van der Waals surface area contributed by atoms with Crippen molar-refractivity contribution >= 4 is 11.9 Å². The van der Waals surface area contributed by atoms with Crippen LogP contribution in [0, 0.1) is 11.3 Å². The van der Waals surface area contributed by atoms with E-state index in [1.807, 2.05) is 0 Å². The second-order valence-corrected chi connectivity index (χ2v) is 4.82. The first-order chi connectivity index (χ1) is 11.4. The topological polar surface area (TPSA) is 107 Å². The monoisotopic (exact) mass is 336 g/mol. The molecule has 24 heavy (non-hydrogen) atoms. The fraction of sp³-hybridized carbons (Fsp3) is 0.438. The molecule has 0 saturated carbocycles. The molecule has 130 valence electrons. The van der Waals surface area contributed by atoms with Crippen LogP contribution in [0.1, 0.15) is 24.2 Å². The van der Waals surface area contributed by atoms with E-state index in [1.54, 1.807) is 6.07 Å². The van der Waals surface area contributed by atoms with E-state index in [9.17, 15) is 9.59 Å². The van der Waals surface area contributed by atoms with Gasteiger partial charge in [-0.25, -0.2) is 4.79 Å². The van der Waals surface area contributed by atoms with Crippen molar-refractivity contribution < 1.29 is 28.5 Å². The Labute approximate surface area is 140 Å². The molecule has 0 aliphatic rings. The van der Waals surface area contributed by atoms with Gasteiger partial charge in [0, 0.05) is 5.56 Å². The number of ether oxygens (including phenoxy) is 4. The van der Waals surface area contributed by atoms with E-state index >= 15 is 0 Å². The van der Waals surface area contributed by atoms with Crippen LogP contribution in [0.4, 0.5) is 0 Å². The molecule has 0 unspecified atom stereocenters. The van der Waals surface area contributed by atoms with Gasteiger partial charge in [-0.15, -0.1) is 0 Å². The minimum absolute atomic E-state index is 0.220. The number of carbonyl (C=O) groups excluding carboxylic acids is 2. The lowest BCUT2D eigenvalue weighted by Crippen LogP contribution is -2.40. The minimum atomic E-state index is -0.924. The zero-order chi connectivity index (χ0) is 18.3. The van der Waals surface area contributed by atoms with Gasteiger partial charge in [-0.05, 0) is 26.0 Å². The van der Waals surface area contributed by atoms with E-state index in [2.05, 4.69) is 5.32 Å². The van der Waals surface area contributed by atoms with Gasteiger partial charge < -0.3 is 24.3 Å². The second kappa shape index (κ2) is 8.62. The second-order valence-electron chi connectivity index (χ2n) is 4.82. The molecule has 2 atom stereocenters. The zero-order valence-corrected chi connectivity index (χ0v) is 14.2. The number of rotatable bonds is 7. The number of nitriles is 1. The van der Waals surface area contributed by atoms with E-state index < -0.39 is 24.0 Å². The van der Waals surface area contributed by atoms with Crippen LogP contribution in [-0.4, -0.2) is 45.4 Å². The van der Waals surface area contributed by atoms with Crippen LogP contribution in [0.2, 0.25) is 0 Å². The predicted molar refractivity (Wildman–Crippen MR) is 84.2 cm³/mol. The Hall–Kier alpha value is -2.95. The summed E-state index contributed by atoms with van der Waals surface area (Å²) < 4.78 is 20.4. The lowest BCUT2D eigenvalue weighted by Gasteiger charge is -2.16. The SMILES string of the molecule is COc1cc(C(=O)N[C@@H](C)C(=O)O[C@@H](C)C#N)cc(OC)c1OC. The summed E-state index contributed by atoms with van der Waals surface area (Å²) in [6, 6.07) is 3.78. The summed E-state index contributed by atoms with van der Waals surface area (Å²) in [6.45, 7) is 2.90. The molecule has 0 bridgehead atoms. The van der Waals surface area contributed by atoms with Crippen LogP contribution in [0.15, 0.2) is 12.1 Å². The highest BCUT2D eigenvalue weighted by Crippen LogP contribution is 2.38. The number of hydrogen-bond acceptors (Lipinski definition) is 7. The van der Waals surface area contributed by atoms with Gasteiger partial charge in [-0.1, -0.05) is 0 Å². The number of esters is 1. The first-order valence-corrected chi connectivity index (χ1v) is 7.08. The highest BCUT2D eigenvalue weighted by molar-refractivity contribution is 5.97. The average Bonchev–Trinajstić information content (AvgIpc) is 2.59. The van der Waals surface area contributed by atoms with Gasteiger partial charge in [0.25, 0.3) is 5.91 Å². The zero-order valence-electron chi connectivity index (χ0n) is 14.2. The molecule has 0 radical (unpaired) electrons. The maximum Gasteiger partial charge on any atom is 0.329 e. The highest BCUT2D eigenvalue weighted by atomic mass is 16.5. The van der Waals surface area contributed by atoms with Crippen LogP contribution < -0.4 is 19.5 Å². The van der Waals surface area contributed by atoms with Crippen molar-refractivity contribution in [1.82, 2.24) is 5.32 Å². The Morgan fingerprint density at radius 3 is 2.04 bits per heavy atom. The van der Waals surface area contributed by atoms with Crippen LogP contribution in [0.5, 0.6) is 17.2 Å². The maximum atomic E-state index is 12.3. The van der Waals surface area contributed by atoms with Gasteiger partial charge in [-0.3, -0.25) is 4.79 Å². The average molecular weight is 336 g/mol. The summed E-state index contributed by atoms with van der Waals surface area (Å²) in [4.78, 5) is 24.1. The molecule has 8 heteroatoms. The van der Waals surface area contributed by atoms with Crippen molar-refractivity contribution in [2.45, 2.75) is 26.0 Å². The molecule has 0 aromatic heterocycles. The van der Waals surface area contributed by atoms with Crippen LogP contribution in [0.3, 0.4) is 0 Å². The fourth-order valence-electron chi connectivity index (χ4n) is 1.85. The fourth-order valence-corrected chi connectivity index (χ4v) is 1.85. The van der Waals surface area contributed by atoms with Crippen molar-refractivity contribution in [3.05, 3.63) is 17.7 Å². The molecule has 0 aliphatic heterocycles. The number of nitrogens with zero attached hydrogens (tertiary/aromatic N) is 1. The Kier molecular flexibility index (Phi) is 6.86. The molecule has 0 saturated heterocycles. The van der Waals surface area contributed by atoms with Gasteiger partial charge in [0.2, 0.25) is 5.75 Å². The molecular weight excluding hydrogens is 316 g/mol. The largest absolute Gasteiger partial charge is 0.493 e. The summed E-state index contributed by atoms with van der Waals surface area (Å²) >= 11 is 0. The normalized spacial score (nSPS) is 12.3. The minimum Gasteiger partial charge on any atom is -0.493 e. The standard InChI is InChI=1S/C16H20N2O6/c1-9(8-17)24-16(20)10(2)18-15(19)11-6-12(21-3)14(23-5)13(7-11)22-4/h6-7,9-10H,1-5H3,(H,18,19)/t9-,10-/m0/s1. The lowest BCUT2D eigenvalue weighted by molar-refractivity contribution is -0.147. The third-order valence-electron chi connectivity index (χ3n) is 3.10. The van der Waals surface area contributed by atoms with Crippen LogP contribution in [0.25, 0.3) is 0 Å². The quantitative estimate of drug-likeness (QED) is 0.748. The van der Waals surface area contributed by atoms with E-state index in [-0.39, 0.29) is 5.56 Å². The summed E-state index contributed by atoms with van der Waals surface area (Å²) in [6.07, 6.45) is -0.891. The highest BCUT2D eigenvalue weighted by Gasteiger charge is 2.22. The molecule has 1 rings (SSSR count). The van der Waals surface area contributed by atoms with E-state index in [1.165, 1.54) is 47.3 Å². The Morgan fingerprint density at radius 2 is 1.62 bits per heavy atom. The number of hydrogen-bond donors (Lipinski definition) is 1. The summed E-state index contributed by atoms with van der Waals surface area (Å²) in [7, 11) is 4.32. The third-order valence-corrected chi connectivity index (χ3v) is 3.10. The van der Waals surface area contributed by atoms with E-state index in [0.717, 1.165) is 0 Å². The van der Waals surface area contributed by atoms with Gasteiger partial charge in [-0.2, -0.15) is 5.26 Å². The van der Waals surface area contributed by atoms with Crippen molar-refractivity contribution in [3.63, 3.8) is 0 Å². The third kappa shape index (κ3) is 4.52. The van der Waals surface area contributed by atoms with Gasteiger partial charge in [0.15, 0.2) is 17.6 Å². The molecule has 0 fully saturated rings. The van der Waals surface area contributed by atoms with Crippen molar-refractivity contribution in [1.29, 1.82) is 5.26 Å². The molecule has 1 aromatic rings. The molecule has 0 heterocycles. The molecular formula is C16H20N2O6. The number of amides is 1. The number of nitrogens with one attached hydrogen (secondary N) is 1. The Morgan fingerprint density at radius 1 is 1.08 bits per heavy atom. The van der Waals surface area contributed by atoms with Gasteiger partial charge >= 0.3 is 5.97 Å². The summed E-state index contributed by atoms with van der Waals surface area (Å²) in [5, 5.41) is 11.1. The molecule has 0 aliphatic carbocycles. The van der Waals surface area contributed by atoms with Gasteiger partial charge in [0.05, 0.1) is 21.3 Å². The Bertz CT molecular complexity index is 627. The molecule has 1 aromatic carbocycles. The van der Waals surface area contributed by atoms with Crippen LogP contribution >= 0.6 is 0 Å². The number of carbonyl (C=O) groups is 2.